The van der Waals surface area contributed by atoms with Crippen molar-refractivity contribution in [1.29, 1.82) is 0 Å². The standard InChI is InChI=1S/C43H81NO7/c1-4-7-10-13-14-19-28-37-48-41(46)30-21-16-15-17-24-33-44(35-36-45)34-25-18-20-29-38-49-42(47)31-22-23-32-43(50-39-26-11-8-5-2)51-40-27-12-9-6-3/h8-9,11-12,43,45H,4-7,10,13-40H2,1-3H3/b11-8-,12-9-. The Labute approximate surface area is 314 Å². The lowest BCUT2D eigenvalue weighted by molar-refractivity contribution is -0.147. The van der Waals surface area contributed by atoms with Crippen LogP contribution in [0.5, 0.6) is 0 Å². The van der Waals surface area contributed by atoms with Crippen molar-refractivity contribution in [3.63, 3.8) is 0 Å². The SMILES string of the molecule is CC/C=C\CCOC(CCCCC(=O)OCCCCCCN(CCO)CCCCCCCC(=O)OCCCCCCCCC)OCC/C=C\CC. The molecule has 1 N–H and O–H groups in total. The van der Waals surface area contributed by atoms with Crippen LogP contribution in [0.1, 0.15) is 181 Å². The predicted octanol–water partition coefficient (Wildman–Crippen LogP) is 10.7. The molecule has 0 aliphatic carbocycles. The second-order valence-electron chi connectivity index (χ2n) is 13.8. The van der Waals surface area contributed by atoms with E-state index in [-0.39, 0.29) is 24.8 Å². The molecule has 8 heteroatoms. The molecule has 0 spiro atoms. The highest BCUT2D eigenvalue weighted by Crippen LogP contribution is 2.13. The van der Waals surface area contributed by atoms with Crippen LogP contribution in [0.2, 0.25) is 0 Å². The molecule has 0 bridgehead atoms. The molecule has 300 valence electrons. The van der Waals surface area contributed by atoms with E-state index in [1.54, 1.807) is 0 Å². The van der Waals surface area contributed by atoms with Crippen LogP contribution in [-0.2, 0) is 28.5 Å². The summed E-state index contributed by atoms with van der Waals surface area (Å²) in [5.74, 6) is -0.159. The summed E-state index contributed by atoms with van der Waals surface area (Å²) in [6, 6.07) is 0. The van der Waals surface area contributed by atoms with Crippen LogP contribution in [0.25, 0.3) is 0 Å². The number of esters is 2. The first-order valence-corrected chi connectivity index (χ1v) is 21.2. The van der Waals surface area contributed by atoms with E-state index in [1.165, 1.54) is 32.1 Å². The summed E-state index contributed by atoms with van der Waals surface area (Å²) >= 11 is 0. The summed E-state index contributed by atoms with van der Waals surface area (Å²) in [4.78, 5) is 26.5. The number of rotatable bonds is 40. The average molecular weight is 724 g/mol. The molecule has 0 atom stereocenters. The fourth-order valence-electron chi connectivity index (χ4n) is 5.88. The highest BCUT2D eigenvalue weighted by molar-refractivity contribution is 5.69. The van der Waals surface area contributed by atoms with E-state index in [0.29, 0.717) is 45.8 Å². The van der Waals surface area contributed by atoms with Crippen LogP contribution in [0.4, 0.5) is 0 Å². The monoisotopic (exact) mass is 724 g/mol. The van der Waals surface area contributed by atoms with E-state index < -0.39 is 0 Å². The molecule has 0 aromatic rings. The van der Waals surface area contributed by atoms with Crippen LogP contribution in [0.3, 0.4) is 0 Å². The molecule has 0 rings (SSSR count). The van der Waals surface area contributed by atoms with Crippen molar-refractivity contribution in [3.05, 3.63) is 24.3 Å². The quantitative estimate of drug-likeness (QED) is 0.0289. The van der Waals surface area contributed by atoms with Crippen molar-refractivity contribution in [3.8, 4) is 0 Å². The van der Waals surface area contributed by atoms with E-state index in [2.05, 4.69) is 50.0 Å². The van der Waals surface area contributed by atoms with Gasteiger partial charge in [0.1, 0.15) is 0 Å². The van der Waals surface area contributed by atoms with E-state index in [4.69, 9.17) is 18.9 Å². The van der Waals surface area contributed by atoms with Crippen molar-refractivity contribution < 1.29 is 33.6 Å². The Morgan fingerprint density at radius 1 is 0.529 bits per heavy atom. The summed E-state index contributed by atoms with van der Waals surface area (Å²) in [6.07, 6.45) is 33.7. The van der Waals surface area contributed by atoms with Gasteiger partial charge in [-0.15, -0.1) is 0 Å². The highest BCUT2D eigenvalue weighted by Gasteiger charge is 2.11. The van der Waals surface area contributed by atoms with Gasteiger partial charge in [-0.25, -0.2) is 0 Å². The Balaban J connectivity index is 3.84. The van der Waals surface area contributed by atoms with Gasteiger partial charge in [-0.1, -0.05) is 116 Å². The molecule has 0 unspecified atom stereocenters. The number of hydrogen-bond acceptors (Lipinski definition) is 8. The molecular formula is C43H81NO7. The Bertz CT molecular complexity index is 783. The number of allylic oxidation sites excluding steroid dienone is 2. The first kappa shape index (κ1) is 49.3. The molecule has 0 saturated carbocycles. The fraction of sp³-hybridized carbons (Fsp3) is 0.860. The van der Waals surface area contributed by atoms with E-state index in [1.807, 2.05) is 0 Å². The summed E-state index contributed by atoms with van der Waals surface area (Å²) in [5.41, 5.74) is 0. The van der Waals surface area contributed by atoms with Gasteiger partial charge in [0.15, 0.2) is 6.29 Å². The van der Waals surface area contributed by atoms with Gasteiger partial charge < -0.3 is 29.0 Å². The van der Waals surface area contributed by atoms with Crippen LogP contribution >= 0.6 is 0 Å². The summed E-state index contributed by atoms with van der Waals surface area (Å²) < 4.78 is 22.8. The molecule has 0 aliphatic rings. The number of aliphatic hydroxyl groups is 1. The Morgan fingerprint density at radius 3 is 1.47 bits per heavy atom. The second kappa shape index (κ2) is 41.0. The topological polar surface area (TPSA) is 94.5 Å². The number of nitrogens with zero attached hydrogens (tertiary/aromatic N) is 1. The van der Waals surface area contributed by atoms with E-state index in [0.717, 1.165) is 129 Å². The largest absolute Gasteiger partial charge is 0.466 e. The van der Waals surface area contributed by atoms with Crippen molar-refractivity contribution in [2.45, 2.75) is 188 Å². The summed E-state index contributed by atoms with van der Waals surface area (Å²) in [7, 11) is 0. The first-order chi connectivity index (χ1) is 25.1. The lowest BCUT2D eigenvalue weighted by Gasteiger charge is -2.21. The average Bonchev–Trinajstić information content (AvgIpc) is 3.12. The molecule has 8 nitrogen and oxygen atoms in total. The maximum absolute atomic E-state index is 12.2. The molecule has 0 radical (unpaired) electrons. The summed E-state index contributed by atoms with van der Waals surface area (Å²) in [5, 5.41) is 9.50. The van der Waals surface area contributed by atoms with Gasteiger partial charge in [-0.05, 0) is 90.1 Å². The number of carbonyl (C=O) groups is 2. The molecule has 0 amide bonds. The number of unbranched alkanes of at least 4 members (excludes halogenated alkanes) is 14. The van der Waals surface area contributed by atoms with Crippen LogP contribution < -0.4 is 0 Å². The molecule has 0 aliphatic heterocycles. The molecule has 0 heterocycles. The third-order valence-electron chi connectivity index (χ3n) is 8.97. The van der Waals surface area contributed by atoms with Gasteiger partial charge in [0.05, 0.1) is 33.0 Å². The number of carbonyl (C=O) groups excluding carboxylic acids is 2. The molecule has 0 saturated heterocycles. The minimum absolute atomic E-state index is 0.0435. The van der Waals surface area contributed by atoms with Crippen LogP contribution in [0.15, 0.2) is 24.3 Å². The van der Waals surface area contributed by atoms with Crippen molar-refractivity contribution in [1.82, 2.24) is 4.90 Å². The first-order valence-electron chi connectivity index (χ1n) is 21.2. The normalized spacial score (nSPS) is 11.9. The second-order valence-corrected chi connectivity index (χ2v) is 13.8. The van der Waals surface area contributed by atoms with Crippen LogP contribution in [-0.4, -0.2) is 80.9 Å². The molecule has 0 aromatic carbocycles. The minimum atomic E-state index is -0.225. The smallest absolute Gasteiger partial charge is 0.305 e. The Kier molecular flexibility index (Phi) is 39.6. The minimum Gasteiger partial charge on any atom is -0.466 e. The van der Waals surface area contributed by atoms with Crippen molar-refractivity contribution in [2.24, 2.45) is 0 Å². The van der Waals surface area contributed by atoms with Gasteiger partial charge in [-0.3, -0.25) is 9.59 Å². The third-order valence-corrected chi connectivity index (χ3v) is 8.97. The lowest BCUT2D eigenvalue weighted by atomic mass is 10.1. The van der Waals surface area contributed by atoms with Gasteiger partial charge in [0.2, 0.25) is 0 Å². The van der Waals surface area contributed by atoms with Crippen LogP contribution in [0, 0.1) is 0 Å². The maximum atomic E-state index is 12.2. The van der Waals surface area contributed by atoms with Gasteiger partial charge in [0, 0.05) is 19.4 Å². The Hall–Kier alpha value is -1.74. The van der Waals surface area contributed by atoms with Gasteiger partial charge >= 0.3 is 11.9 Å². The number of hydrogen-bond donors (Lipinski definition) is 1. The number of aliphatic hydroxyl groups excluding tert-OH is 1. The highest BCUT2D eigenvalue weighted by atomic mass is 16.7. The zero-order valence-electron chi connectivity index (χ0n) is 33.6. The number of ether oxygens (including phenoxy) is 4. The van der Waals surface area contributed by atoms with E-state index >= 15 is 0 Å². The molecular weight excluding hydrogens is 642 g/mol. The maximum Gasteiger partial charge on any atom is 0.305 e. The lowest BCUT2D eigenvalue weighted by Crippen LogP contribution is -2.29. The van der Waals surface area contributed by atoms with Gasteiger partial charge in [-0.2, -0.15) is 0 Å². The molecule has 0 fully saturated rings. The Morgan fingerprint density at radius 2 is 0.980 bits per heavy atom. The fourth-order valence-corrected chi connectivity index (χ4v) is 5.88. The summed E-state index contributed by atoms with van der Waals surface area (Å²) in [6.45, 7) is 11.7. The molecule has 51 heavy (non-hydrogen) atoms. The van der Waals surface area contributed by atoms with E-state index in [9.17, 15) is 14.7 Å². The van der Waals surface area contributed by atoms with Crippen molar-refractivity contribution >= 4 is 11.9 Å². The zero-order chi connectivity index (χ0) is 37.3. The molecule has 0 aromatic heterocycles. The van der Waals surface area contributed by atoms with Crippen molar-refractivity contribution in [2.75, 3.05) is 52.7 Å². The third kappa shape index (κ3) is 37.8. The van der Waals surface area contributed by atoms with Gasteiger partial charge in [0.25, 0.3) is 0 Å². The predicted molar refractivity (Wildman–Crippen MR) is 212 cm³/mol. The zero-order valence-corrected chi connectivity index (χ0v) is 33.6.